The molecule has 144 valence electrons. The minimum absolute atomic E-state index is 0.0905. The largest absolute Gasteiger partial charge is 0.354 e. The number of carbonyl (C=O) groups excluding carboxylic acids is 2. The van der Waals surface area contributed by atoms with E-state index in [2.05, 4.69) is 10.6 Å². The first-order valence-corrected chi connectivity index (χ1v) is 10.2. The molecule has 26 heavy (non-hydrogen) atoms. The molecule has 0 aliphatic carbocycles. The van der Waals surface area contributed by atoms with E-state index in [1.165, 1.54) is 4.31 Å². The van der Waals surface area contributed by atoms with Gasteiger partial charge < -0.3 is 15.5 Å². The molecule has 1 fully saturated rings. The molecule has 2 N–H and O–H groups in total. The quantitative estimate of drug-likeness (QED) is 0.800. The van der Waals surface area contributed by atoms with Crippen LogP contribution in [0.1, 0.15) is 19.8 Å². The van der Waals surface area contributed by atoms with Gasteiger partial charge in [-0.2, -0.15) is 4.31 Å². The molecule has 1 aliphatic heterocycles. The van der Waals surface area contributed by atoms with Crippen LogP contribution in [0.25, 0.3) is 0 Å². The Morgan fingerprint density at radius 3 is 2.58 bits per heavy atom. The van der Waals surface area contributed by atoms with Gasteiger partial charge >= 0.3 is 6.03 Å². The Morgan fingerprint density at radius 2 is 1.88 bits per heavy atom. The highest BCUT2D eigenvalue weighted by molar-refractivity contribution is 7.89. The predicted octanol–water partition coefficient (Wildman–Crippen LogP) is 0.619. The van der Waals surface area contributed by atoms with Gasteiger partial charge in [0, 0.05) is 45.7 Å². The van der Waals surface area contributed by atoms with Gasteiger partial charge in [0.2, 0.25) is 15.9 Å². The Kier molecular flexibility index (Phi) is 7.40. The maximum atomic E-state index is 12.9. The van der Waals surface area contributed by atoms with Gasteiger partial charge in [0.1, 0.15) is 0 Å². The second-order valence-corrected chi connectivity index (χ2v) is 7.93. The van der Waals surface area contributed by atoms with Crippen molar-refractivity contribution in [2.75, 3.05) is 39.3 Å². The smallest absolute Gasteiger partial charge is 0.317 e. The van der Waals surface area contributed by atoms with Crippen LogP contribution < -0.4 is 10.6 Å². The summed E-state index contributed by atoms with van der Waals surface area (Å²) < 4.78 is 27.0. The lowest BCUT2D eigenvalue weighted by Gasteiger charge is -2.24. The van der Waals surface area contributed by atoms with Gasteiger partial charge in [-0.25, -0.2) is 13.2 Å². The van der Waals surface area contributed by atoms with Crippen LogP contribution in [-0.4, -0.2) is 68.8 Å². The molecule has 1 heterocycles. The van der Waals surface area contributed by atoms with Gasteiger partial charge in [0.05, 0.1) is 4.90 Å². The minimum Gasteiger partial charge on any atom is -0.354 e. The molecule has 0 spiro atoms. The van der Waals surface area contributed by atoms with E-state index in [1.807, 2.05) is 6.92 Å². The number of carbonyl (C=O) groups is 2. The van der Waals surface area contributed by atoms with Crippen molar-refractivity contribution in [2.45, 2.75) is 24.7 Å². The number of rotatable bonds is 3. The number of nitrogens with zero attached hydrogens (tertiary/aromatic N) is 2. The van der Waals surface area contributed by atoms with Crippen LogP contribution in [0.2, 0.25) is 0 Å². The zero-order valence-electron chi connectivity index (χ0n) is 15.0. The Labute approximate surface area is 154 Å². The molecule has 0 aromatic heterocycles. The van der Waals surface area contributed by atoms with Crippen LogP contribution in [0.4, 0.5) is 4.79 Å². The molecular formula is C17H26N4O4S. The average molecular weight is 382 g/mol. The lowest BCUT2D eigenvalue weighted by Crippen LogP contribution is -2.44. The number of amides is 3. The Bertz CT molecular complexity index is 709. The summed E-state index contributed by atoms with van der Waals surface area (Å²) in [6.45, 7) is 3.87. The summed E-state index contributed by atoms with van der Waals surface area (Å²) in [7, 11) is -3.68. The third-order valence-electron chi connectivity index (χ3n) is 4.12. The number of sulfonamides is 1. The highest BCUT2D eigenvalue weighted by Crippen LogP contribution is 2.16. The van der Waals surface area contributed by atoms with E-state index in [0.29, 0.717) is 32.6 Å². The summed E-state index contributed by atoms with van der Waals surface area (Å²) in [6, 6.07) is 7.97. The third-order valence-corrected chi connectivity index (χ3v) is 6.04. The fourth-order valence-corrected chi connectivity index (χ4v) is 4.25. The standard InChI is InChI=1S/C17H26N4O4S/c1-2-18-17(23)20-11-6-12-21(13-9-16(22)19-10-14-20)26(24,25)15-7-4-3-5-8-15/h3-5,7-8H,2,6,9-14H2,1H3,(H,18,23)(H,19,22). The molecule has 0 radical (unpaired) electrons. The van der Waals surface area contributed by atoms with E-state index < -0.39 is 10.0 Å². The molecule has 0 saturated carbocycles. The van der Waals surface area contributed by atoms with Crippen molar-refractivity contribution in [1.82, 2.24) is 19.8 Å². The van der Waals surface area contributed by atoms with Crippen LogP contribution in [0.15, 0.2) is 35.2 Å². The highest BCUT2D eigenvalue weighted by Gasteiger charge is 2.25. The molecule has 0 unspecified atom stereocenters. The first kappa shape index (κ1) is 20.2. The number of nitrogens with one attached hydrogen (secondary N) is 2. The SMILES string of the molecule is CCNC(=O)N1CCCN(S(=O)(=O)c2ccccc2)CCC(=O)NCC1. The fourth-order valence-electron chi connectivity index (χ4n) is 2.75. The van der Waals surface area contributed by atoms with Crippen LogP contribution in [0.5, 0.6) is 0 Å². The summed E-state index contributed by atoms with van der Waals surface area (Å²) in [6.07, 6.45) is 0.588. The van der Waals surface area contributed by atoms with Gasteiger partial charge in [-0.1, -0.05) is 18.2 Å². The monoisotopic (exact) mass is 382 g/mol. The Hall–Kier alpha value is -2.13. The number of hydrogen-bond acceptors (Lipinski definition) is 4. The Balaban J connectivity index is 2.15. The maximum Gasteiger partial charge on any atom is 0.317 e. The molecule has 0 bridgehead atoms. The van der Waals surface area contributed by atoms with Crippen molar-refractivity contribution < 1.29 is 18.0 Å². The molecule has 1 aromatic carbocycles. The topological polar surface area (TPSA) is 98.8 Å². The first-order valence-electron chi connectivity index (χ1n) is 8.80. The zero-order chi connectivity index (χ0) is 19.0. The van der Waals surface area contributed by atoms with Gasteiger partial charge in [0.15, 0.2) is 0 Å². The average Bonchev–Trinajstić information content (AvgIpc) is 2.67. The second-order valence-electron chi connectivity index (χ2n) is 5.99. The molecule has 2 rings (SSSR count). The molecule has 0 atom stereocenters. The number of hydrogen-bond donors (Lipinski definition) is 2. The van der Waals surface area contributed by atoms with Crippen LogP contribution >= 0.6 is 0 Å². The van der Waals surface area contributed by atoms with Gasteiger partial charge in [-0.3, -0.25) is 4.79 Å². The molecule has 1 aliphatic rings. The predicted molar refractivity (Wildman–Crippen MR) is 98.1 cm³/mol. The fraction of sp³-hybridized carbons (Fsp3) is 0.529. The third kappa shape index (κ3) is 5.43. The molecular weight excluding hydrogens is 356 g/mol. The van der Waals surface area contributed by atoms with Gasteiger partial charge in [-0.05, 0) is 25.5 Å². The van der Waals surface area contributed by atoms with E-state index >= 15 is 0 Å². The summed E-state index contributed by atoms with van der Waals surface area (Å²) in [5.74, 6) is -0.226. The van der Waals surface area contributed by atoms with E-state index in [1.54, 1.807) is 35.2 Å². The van der Waals surface area contributed by atoms with E-state index in [9.17, 15) is 18.0 Å². The molecule has 8 nitrogen and oxygen atoms in total. The molecule has 1 aromatic rings. The summed E-state index contributed by atoms with van der Waals surface area (Å²) in [4.78, 5) is 25.9. The van der Waals surface area contributed by atoms with Gasteiger partial charge in [0.25, 0.3) is 0 Å². The van der Waals surface area contributed by atoms with E-state index in [0.717, 1.165) is 0 Å². The van der Waals surface area contributed by atoms with Crippen molar-refractivity contribution in [2.24, 2.45) is 0 Å². The summed E-state index contributed by atoms with van der Waals surface area (Å²) in [5.41, 5.74) is 0. The summed E-state index contributed by atoms with van der Waals surface area (Å²) >= 11 is 0. The second kappa shape index (κ2) is 9.54. The number of benzene rings is 1. The van der Waals surface area contributed by atoms with Crippen molar-refractivity contribution in [3.8, 4) is 0 Å². The van der Waals surface area contributed by atoms with Crippen LogP contribution in [0, 0.1) is 0 Å². The Morgan fingerprint density at radius 1 is 1.15 bits per heavy atom. The van der Waals surface area contributed by atoms with Crippen LogP contribution in [-0.2, 0) is 14.8 Å². The van der Waals surface area contributed by atoms with Crippen molar-refractivity contribution in [3.05, 3.63) is 30.3 Å². The van der Waals surface area contributed by atoms with Crippen molar-refractivity contribution >= 4 is 22.0 Å². The molecule has 3 amide bonds. The zero-order valence-corrected chi connectivity index (χ0v) is 15.8. The van der Waals surface area contributed by atoms with E-state index in [-0.39, 0.29) is 36.3 Å². The summed E-state index contributed by atoms with van der Waals surface area (Å²) in [5, 5.41) is 5.47. The molecule has 1 saturated heterocycles. The minimum atomic E-state index is -3.68. The van der Waals surface area contributed by atoms with E-state index in [4.69, 9.17) is 0 Å². The number of urea groups is 1. The lowest BCUT2D eigenvalue weighted by atomic mass is 10.3. The maximum absolute atomic E-state index is 12.9. The highest BCUT2D eigenvalue weighted by atomic mass is 32.2. The van der Waals surface area contributed by atoms with Gasteiger partial charge in [-0.15, -0.1) is 0 Å². The van der Waals surface area contributed by atoms with Crippen molar-refractivity contribution in [3.63, 3.8) is 0 Å². The van der Waals surface area contributed by atoms with Crippen molar-refractivity contribution in [1.29, 1.82) is 0 Å². The first-order chi connectivity index (χ1) is 12.4. The normalized spacial score (nSPS) is 17.9. The van der Waals surface area contributed by atoms with Crippen LogP contribution in [0.3, 0.4) is 0 Å². The lowest BCUT2D eigenvalue weighted by molar-refractivity contribution is -0.121. The molecule has 9 heteroatoms.